The monoisotopic (exact) mass is 237 g/mol. The van der Waals surface area contributed by atoms with Crippen molar-refractivity contribution in [2.45, 2.75) is 20.4 Å². The van der Waals surface area contributed by atoms with Crippen LogP contribution in [0, 0.1) is 25.2 Å². The van der Waals surface area contributed by atoms with Crippen LogP contribution in [0.1, 0.15) is 22.5 Å². The summed E-state index contributed by atoms with van der Waals surface area (Å²) in [5.74, 6) is 0. The molecule has 0 saturated heterocycles. The molecule has 1 heterocycles. The smallest absolute Gasteiger partial charge is 0.0994 e. The Bertz CT molecular complexity index is 597. The quantitative estimate of drug-likeness (QED) is 0.891. The number of nitrogens with one attached hydrogen (secondary N) is 1. The second-order valence-electron chi connectivity index (χ2n) is 4.27. The number of benzene rings is 1. The van der Waals surface area contributed by atoms with E-state index in [-0.39, 0.29) is 0 Å². The minimum absolute atomic E-state index is 0.688. The van der Waals surface area contributed by atoms with Gasteiger partial charge in [0.15, 0.2) is 0 Å². The average Bonchev–Trinajstić information content (AvgIpc) is 2.37. The fourth-order valence-electron chi connectivity index (χ4n) is 1.79. The highest BCUT2D eigenvalue weighted by atomic mass is 14.9. The Kier molecular flexibility index (Phi) is 3.59. The maximum absolute atomic E-state index is 8.87. The molecule has 0 radical (unpaired) electrons. The molecular formula is C15H15N3. The number of nitrogens with zero attached hydrogens (tertiary/aromatic N) is 2. The van der Waals surface area contributed by atoms with Gasteiger partial charge in [0.1, 0.15) is 0 Å². The number of pyridine rings is 1. The number of anilines is 1. The van der Waals surface area contributed by atoms with Crippen LogP contribution in [-0.4, -0.2) is 4.98 Å². The Morgan fingerprint density at radius 2 is 2.06 bits per heavy atom. The van der Waals surface area contributed by atoms with E-state index in [0.717, 1.165) is 22.6 Å². The van der Waals surface area contributed by atoms with E-state index in [0.29, 0.717) is 12.1 Å². The summed E-state index contributed by atoms with van der Waals surface area (Å²) in [5.41, 5.74) is 4.74. The van der Waals surface area contributed by atoms with Crippen molar-refractivity contribution in [1.82, 2.24) is 4.98 Å². The highest BCUT2D eigenvalue weighted by Gasteiger charge is 2.00. The van der Waals surface area contributed by atoms with Crippen molar-refractivity contribution < 1.29 is 0 Å². The Morgan fingerprint density at radius 3 is 2.72 bits per heavy atom. The van der Waals surface area contributed by atoms with Crippen LogP contribution in [0.4, 0.5) is 5.69 Å². The standard InChI is InChI=1S/C15H15N3/c1-11-8-14(7-6-13(11)9-16)17-10-15-5-3-4-12(2)18-15/h3-8,17H,10H2,1-2H3. The molecule has 0 aliphatic carbocycles. The number of hydrogen-bond acceptors (Lipinski definition) is 3. The summed E-state index contributed by atoms with van der Waals surface area (Å²) in [4.78, 5) is 4.43. The molecule has 0 saturated carbocycles. The normalized spacial score (nSPS) is 9.83. The molecule has 0 atom stereocenters. The van der Waals surface area contributed by atoms with E-state index in [4.69, 9.17) is 5.26 Å². The topological polar surface area (TPSA) is 48.7 Å². The predicted octanol–water partition coefficient (Wildman–Crippen LogP) is 3.18. The van der Waals surface area contributed by atoms with E-state index in [1.807, 2.05) is 50.2 Å². The molecule has 1 aromatic heterocycles. The Balaban J connectivity index is 2.07. The summed E-state index contributed by atoms with van der Waals surface area (Å²) in [6.45, 7) is 4.61. The van der Waals surface area contributed by atoms with E-state index < -0.39 is 0 Å². The Labute approximate surface area is 107 Å². The number of aryl methyl sites for hydroxylation is 2. The lowest BCUT2D eigenvalue weighted by molar-refractivity contribution is 1.01. The summed E-state index contributed by atoms with van der Waals surface area (Å²) in [7, 11) is 0. The molecule has 1 aromatic carbocycles. The Hall–Kier alpha value is -2.34. The summed E-state index contributed by atoms with van der Waals surface area (Å²) in [6, 6.07) is 13.9. The lowest BCUT2D eigenvalue weighted by atomic mass is 10.1. The van der Waals surface area contributed by atoms with E-state index in [1.54, 1.807) is 0 Å². The molecule has 3 heteroatoms. The van der Waals surface area contributed by atoms with Crippen molar-refractivity contribution in [3.63, 3.8) is 0 Å². The fourth-order valence-corrected chi connectivity index (χ4v) is 1.79. The summed E-state index contributed by atoms with van der Waals surface area (Å²) >= 11 is 0. The van der Waals surface area contributed by atoms with Gasteiger partial charge in [-0.3, -0.25) is 4.98 Å². The van der Waals surface area contributed by atoms with Crippen LogP contribution in [-0.2, 0) is 6.54 Å². The highest BCUT2D eigenvalue weighted by Crippen LogP contribution is 2.15. The van der Waals surface area contributed by atoms with Gasteiger partial charge in [-0.2, -0.15) is 5.26 Å². The lowest BCUT2D eigenvalue weighted by Crippen LogP contribution is -2.02. The van der Waals surface area contributed by atoms with Gasteiger partial charge in [-0.05, 0) is 49.7 Å². The van der Waals surface area contributed by atoms with Crippen molar-refractivity contribution in [1.29, 1.82) is 5.26 Å². The van der Waals surface area contributed by atoms with Gasteiger partial charge in [-0.15, -0.1) is 0 Å². The molecule has 3 nitrogen and oxygen atoms in total. The molecule has 0 bridgehead atoms. The number of aromatic nitrogens is 1. The average molecular weight is 237 g/mol. The summed E-state index contributed by atoms with van der Waals surface area (Å²) < 4.78 is 0. The third kappa shape index (κ3) is 2.86. The SMILES string of the molecule is Cc1cccc(CNc2ccc(C#N)c(C)c2)n1. The van der Waals surface area contributed by atoms with Gasteiger partial charge in [0.2, 0.25) is 0 Å². The van der Waals surface area contributed by atoms with E-state index >= 15 is 0 Å². The predicted molar refractivity (Wildman–Crippen MR) is 72.2 cm³/mol. The first-order valence-electron chi connectivity index (χ1n) is 5.86. The van der Waals surface area contributed by atoms with Crippen LogP contribution in [0.2, 0.25) is 0 Å². The van der Waals surface area contributed by atoms with Crippen LogP contribution in [0.3, 0.4) is 0 Å². The van der Waals surface area contributed by atoms with Gasteiger partial charge in [0.05, 0.1) is 23.9 Å². The number of hydrogen-bond donors (Lipinski definition) is 1. The molecule has 0 aliphatic rings. The third-order valence-electron chi connectivity index (χ3n) is 2.77. The van der Waals surface area contributed by atoms with Gasteiger partial charge >= 0.3 is 0 Å². The van der Waals surface area contributed by atoms with Crippen molar-refractivity contribution >= 4 is 5.69 Å². The van der Waals surface area contributed by atoms with Crippen molar-refractivity contribution in [2.75, 3.05) is 5.32 Å². The van der Waals surface area contributed by atoms with Crippen molar-refractivity contribution in [3.8, 4) is 6.07 Å². The van der Waals surface area contributed by atoms with E-state index in [9.17, 15) is 0 Å². The molecule has 0 unspecified atom stereocenters. The summed E-state index contributed by atoms with van der Waals surface area (Å²) in [5, 5.41) is 12.2. The molecule has 0 spiro atoms. The first-order valence-corrected chi connectivity index (χ1v) is 5.86. The van der Waals surface area contributed by atoms with Gasteiger partial charge in [-0.1, -0.05) is 6.07 Å². The second kappa shape index (κ2) is 5.33. The molecule has 2 rings (SSSR count). The van der Waals surface area contributed by atoms with Crippen molar-refractivity contribution in [2.24, 2.45) is 0 Å². The minimum Gasteiger partial charge on any atom is -0.379 e. The van der Waals surface area contributed by atoms with Gasteiger partial charge in [-0.25, -0.2) is 0 Å². The van der Waals surface area contributed by atoms with Crippen LogP contribution >= 0.6 is 0 Å². The van der Waals surface area contributed by atoms with Crippen LogP contribution in [0.25, 0.3) is 0 Å². The first kappa shape index (κ1) is 12.1. The molecule has 0 fully saturated rings. The maximum Gasteiger partial charge on any atom is 0.0994 e. The molecule has 18 heavy (non-hydrogen) atoms. The molecule has 0 aliphatic heterocycles. The molecule has 2 aromatic rings. The molecule has 0 amide bonds. The first-order chi connectivity index (χ1) is 8.69. The largest absolute Gasteiger partial charge is 0.379 e. The zero-order valence-corrected chi connectivity index (χ0v) is 10.6. The lowest BCUT2D eigenvalue weighted by Gasteiger charge is -2.08. The zero-order chi connectivity index (χ0) is 13.0. The molecule has 90 valence electrons. The Morgan fingerprint density at radius 1 is 1.22 bits per heavy atom. The van der Waals surface area contributed by atoms with Crippen LogP contribution in [0.15, 0.2) is 36.4 Å². The number of rotatable bonds is 3. The minimum atomic E-state index is 0.688. The maximum atomic E-state index is 8.87. The fraction of sp³-hybridized carbons (Fsp3) is 0.200. The van der Waals surface area contributed by atoms with Crippen molar-refractivity contribution in [3.05, 3.63) is 58.9 Å². The van der Waals surface area contributed by atoms with Crippen LogP contribution < -0.4 is 5.32 Å². The molecular weight excluding hydrogens is 222 g/mol. The van der Waals surface area contributed by atoms with E-state index in [2.05, 4.69) is 16.4 Å². The van der Waals surface area contributed by atoms with Crippen LogP contribution in [0.5, 0.6) is 0 Å². The third-order valence-corrected chi connectivity index (χ3v) is 2.77. The second-order valence-corrected chi connectivity index (χ2v) is 4.27. The summed E-state index contributed by atoms with van der Waals surface area (Å²) in [6.07, 6.45) is 0. The highest BCUT2D eigenvalue weighted by molar-refractivity contribution is 5.51. The number of nitriles is 1. The van der Waals surface area contributed by atoms with Gasteiger partial charge < -0.3 is 5.32 Å². The van der Waals surface area contributed by atoms with Gasteiger partial charge in [0, 0.05) is 11.4 Å². The molecule has 1 N–H and O–H groups in total. The van der Waals surface area contributed by atoms with Gasteiger partial charge in [0.25, 0.3) is 0 Å². The zero-order valence-electron chi connectivity index (χ0n) is 10.6. The van der Waals surface area contributed by atoms with E-state index in [1.165, 1.54) is 0 Å².